The molecule has 0 bridgehead atoms. The number of benzene rings is 1. The van der Waals surface area contributed by atoms with Gasteiger partial charge in [-0.3, -0.25) is 10.2 Å². The van der Waals surface area contributed by atoms with Crippen LogP contribution in [-0.4, -0.2) is 17.0 Å². The molecule has 0 fully saturated rings. The number of hydrogen-bond acceptors (Lipinski definition) is 4. The van der Waals surface area contributed by atoms with Crippen molar-refractivity contribution >= 4 is 16.8 Å². The number of hydrogen-bond donors (Lipinski definition) is 2. The summed E-state index contributed by atoms with van der Waals surface area (Å²) in [7, 11) is 0. The Labute approximate surface area is 118 Å². The Bertz CT molecular complexity index is 613. The normalized spacial score (nSPS) is 12.2. The first-order valence-corrected chi connectivity index (χ1v) is 6.62. The summed E-state index contributed by atoms with van der Waals surface area (Å²) in [5.74, 6) is 5.61. The van der Waals surface area contributed by atoms with Crippen LogP contribution >= 0.6 is 0 Å². The number of rotatable bonds is 5. The molecule has 1 heterocycles. The second-order valence-electron chi connectivity index (χ2n) is 4.82. The number of nitrogens with one attached hydrogen (secondary N) is 1. The number of para-hydroxylation sites is 1. The van der Waals surface area contributed by atoms with Crippen LogP contribution in [0.25, 0.3) is 10.9 Å². The smallest absolute Gasteiger partial charge is 0.234 e. The summed E-state index contributed by atoms with van der Waals surface area (Å²) in [4.78, 5) is 15.6. The molecule has 0 aliphatic rings. The average molecular weight is 273 g/mol. The van der Waals surface area contributed by atoms with Crippen molar-refractivity contribution in [2.24, 2.45) is 5.84 Å². The number of nitrogens with zero attached hydrogens (tertiary/aromatic N) is 1. The molecule has 1 aromatic carbocycles. The Kier molecular flexibility index (Phi) is 4.53. The van der Waals surface area contributed by atoms with Crippen LogP contribution < -0.4 is 16.0 Å². The molecule has 0 aliphatic carbocycles. The van der Waals surface area contributed by atoms with Crippen LogP contribution in [0.3, 0.4) is 0 Å². The zero-order valence-electron chi connectivity index (χ0n) is 11.7. The molecule has 5 nitrogen and oxygen atoms in total. The van der Waals surface area contributed by atoms with Crippen molar-refractivity contribution in [3.63, 3.8) is 0 Å². The molecule has 0 saturated carbocycles. The topological polar surface area (TPSA) is 77.2 Å². The number of carbonyl (C=O) groups is 1. The first-order chi connectivity index (χ1) is 9.60. The van der Waals surface area contributed by atoms with Gasteiger partial charge in [-0.15, -0.1) is 0 Å². The van der Waals surface area contributed by atoms with Gasteiger partial charge < -0.3 is 4.74 Å². The third kappa shape index (κ3) is 3.45. The molecule has 1 amide bonds. The van der Waals surface area contributed by atoms with Crippen molar-refractivity contribution in [3.8, 4) is 5.75 Å². The standard InChI is InChI=1S/C15H19N3O2/c1-10-6-8-12-4-3-5-13(15(12)17-10)20-11(2)7-9-14(19)18-16/h3-6,8,11H,7,9,16H2,1-2H3,(H,18,19). The maximum Gasteiger partial charge on any atom is 0.234 e. The molecule has 0 spiro atoms. The average Bonchev–Trinajstić information content (AvgIpc) is 2.45. The lowest BCUT2D eigenvalue weighted by Gasteiger charge is -2.15. The van der Waals surface area contributed by atoms with Gasteiger partial charge in [0.25, 0.3) is 0 Å². The minimum absolute atomic E-state index is 0.0831. The van der Waals surface area contributed by atoms with Gasteiger partial charge in [0.05, 0.1) is 6.10 Å². The van der Waals surface area contributed by atoms with Gasteiger partial charge in [0.2, 0.25) is 5.91 Å². The van der Waals surface area contributed by atoms with Crippen LogP contribution in [0.15, 0.2) is 30.3 Å². The van der Waals surface area contributed by atoms with E-state index in [9.17, 15) is 4.79 Å². The van der Waals surface area contributed by atoms with E-state index in [1.54, 1.807) is 0 Å². The number of nitrogens with two attached hydrogens (primary N) is 1. The second-order valence-corrected chi connectivity index (χ2v) is 4.82. The Hall–Kier alpha value is -2.14. The molecule has 0 aliphatic heterocycles. The van der Waals surface area contributed by atoms with Gasteiger partial charge in [-0.05, 0) is 32.4 Å². The van der Waals surface area contributed by atoms with Crippen LogP contribution in [0.2, 0.25) is 0 Å². The van der Waals surface area contributed by atoms with Crippen molar-refractivity contribution in [3.05, 3.63) is 36.0 Å². The van der Waals surface area contributed by atoms with Gasteiger partial charge in [-0.1, -0.05) is 18.2 Å². The second kappa shape index (κ2) is 6.34. The Morgan fingerprint density at radius 2 is 2.20 bits per heavy atom. The van der Waals surface area contributed by atoms with E-state index in [2.05, 4.69) is 10.4 Å². The van der Waals surface area contributed by atoms with Gasteiger partial charge in [-0.25, -0.2) is 10.8 Å². The highest BCUT2D eigenvalue weighted by Crippen LogP contribution is 2.25. The number of carbonyl (C=O) groups excluding carboxylic acids is 1. The Balaban J connectivity index is 2.13. The zero-order valence-corrected chi connectivity index (χ0v) is 11.7. The van der Waals surface area contributed by atoms with Crippen LogP contribution in [0.5, 0.6) is 5.75 Å². The van der Waals surface area contributed by atoms with Gasteiger partial charge in [0, 0.05) is 17.5 Å². The molecule has 2 aromatic rings. The van der Waals surface area contributed by atoms with Gasteiger partial charge in [-0.2, -0.15) is 0 Å². The van der Waals surface area contributed by atoms with E-state index in [0.29, 0.717) is 12.8 Å². The number of hydrazine groups is 1. The lowest BCUT2D eigenvalue weighted by Crippen LogP contribution is -2.30. The third-order valence-corrected chi connectivity index (χ3v) is 3.09. The molecular weight excluding hydrogens is 254 g/mol. The van der Waals surface area contributed by atoms with Crippen molar-refractivity contribution in [2.75, 3.05) is 0 Å². The van der Waals surface area contributed by atoms with Crippen molar-refractivity contribution in [2.45, 2.75) is 32.8 Å². The number of fused-ring (bicyclic) bond motifs is 1. The minimum atomic E-state index is -0.188. The van der Waals surface area contributed by atoms with E-state index in [4.69, 9.17) is 10.6 Å². The van der Waals surface area contributed by atoms with E-state index < -0.39 is 0 Å². The maximum absolute atomic E-state index is 11.1. The highest BCUT2D eigenvalue weighted by Gasteiger charge is 2.10. The van der Waals surface area contributed by atoms with Gasteiger partial charge in [0.15, 0.2) is 0 Å². The van der Waals surface area contributed by atoms with Crippen LogP contribution in [0.1, 0.15) is 25.5 Å². The zero-order chi connectivity index (χ0) is 14.5. The Morgan fingerprint density at radius 1 is 1.40 bits per heavy atom. The molecule has 0 saturated heterocycles. The van der Waals surface area contributed by atoms with E-state index >= 15 is 0 Å². The number of aryl methyl sites for hydroxylation is 1. The predicted octanol–water partition coefficient (Wildman–Crippen LogP) is 2.08. The lowest BCUT2D eigenvalue weighted by molar-refractivity contribution is -0.121. The SMILES string of the molecule is Cc1ccc2cccc(OC(C)CCC(=O)NN)c2n1. The Morgan fingerprint density at radius 3 is 2.95 bits per heavy atom. The molecule has 20 heavy (non-hydrogen) atoms. The number of amides is 1. The molecule has 1 unspecified atom stereocenters. The van der Waals surface area contributed by atoms with Gasteiger partial charge in [0.1, 0.15) is 11.3 Å². The summed E-state index contributed by atoms with van der Waals surface area (Å²) >= 11 is 0. The monoisotopic (exact) mass is 273 g/mol. The highest BCUT2D eigenvalue weighted by atomic mass is 16.5. The van der Waals surface area contributed by atoms with Crippen LogP contribution in [0, 0.1) is 6.92 Å². The van der Waals surface area contributed by atoms with Gasteiger partial charge >= 0.3 is 0 Å². The van der Waals surface area contributed by atoms with Crippen LogP contribution in [0.4, 0.5) is 0 Å². The molecule has 0 radical (unpaired) electrons. The molecule has 2 rings (SSSR count). The third-order valence-electron chi connectivity index (χ3n) is 3.09. The molecule has 5 heteroatoms. The molecule has 106 valence electrons. The summed E-state index contributed by atoms with van der Waals surface area (Å²) in [5, 5.41) is 1.04. The quantitative estimate of drug-likeness (QED) is 0.497. The predicted molar refractivity (Wildman–Crippen MR) is 78.1 cm³/mol. The molecule has 1 atom stereocenters. The fraction of sp³-hybridized carbons (Fsp3) is 0.333. The van der Waals surface area contributed by atoms with E-state index in [-0.39, 0.29) is 12.0 Å². The largest absolute Gasteiger partial charge is 0.488 e. The molecule has 3 N–H and O–H groups in total. The minimum Gasteiger partial charge on any atom is -0.488 e. The summed E-state index contributed by atoms with van der Waals surface area (Å²) in [6, 6.07) is 9.83. The highest BCUT2D eigenvalue weighted by molar-refractivity contribution is 5.84. The number of ether oxygens (including phenoxy) is 1. The van der Waals surface area contributed by atoms with Crippen molar-refractivity contribution in [1.29, 1.82) is 0 Å². The summed E-state index contributed by atoms with van der Waals surface area (Å²) in [6.07, 6.45) is 0.861. The first kappa shape index (κ1) is 14.3. The van der Waals surface area contributed by atoms with Crippen LogP contribution in [-0.2, 0) is 4.79 Å². The molecular formula is C15H19N3O2. The van der Waals surface area contributed by atoms with Crippen molar-refractivity contribution < 1.29 is 9.53 Å². The maximum atomic E-state index is 11.1. The first-order valence-electron chi connectivity index (χ1n) is 6.62. The summed E-state index contributed by atoms with van der Waals surface area (Å²) < 4.78 is 5.89. The van der Waals surface area contributed by atoms with E-state index in [1.165, 1.54) is 0 Å². The molecule has 1 aromatic heterocycles. The fourth-order valence-electron chi connectivity index (χ4n) is 1.99. The number of aromatic nitrogens is 1. The summed E-state index contributed by atoms with van der Waals surface area (Å²) in [5.41, 5.74) is 3.91. The fourth-order valence-corrected chi connectivity index (χ4v) is 1.99. The van der Waals surface area contributed by atoms with E-state index in [0.717, 1.165) is 22.3 Å². The number of pyridine rings is 1. The van der Waals surface area contributed by atoms with Crippen molar-refractivity contribution in [1.82, 2.24) is 10.4 Å². The van der Waals surface area contributed by atoms with E-state index in [1.807, 2.05) is 44.2 Å². The summed E-state index contributed by atoms with van der Waals surface area (Å²) in [6.45, 7) is 3.88. The lowest BCUT2D eigenvalue weighted by atomic mass is 10.1.